The smallest absolute Gasteiger partial charge is 0.253 e. The van der Waals surface area contributed by atoms with E-state index in [0.29, 0.717) is 44.6 Å². The van der Waals surface area contributed by atoms with Crippen LogP contribution in [0.15, 0.2) is 28.8 Å². The van der Waals surface area contributed by atoms with Gasteiger partial charge in [-0.15, -0.1) is 0 Å². The number of benzene rings is 1. The van der Waals surface area contributed by atoms with E-state index in [-0.39, 0.29) is 11.8 Å². The summed E-state index contributed by atoms with van der Waals surface area (Å²) in [5.74, 6) is 1.49. The largest absolute Gasteiger partial charge is 0.382 e. The molecule has 140 valence electrons. The topological polar surface area (TPSA) is 77.7 Å². The Balaban J connectivity index is 1.50. The molecule has 1 fully saturated rings. The van der Waals surface area contributed by atoms with E-state index in [1.165, 1.54) is 0 Å². The van der Waals surface area contributed by atoms with Crippen LogP contribution >= 0.6 is 0 Å². The SMILES string of the molecule is COCCOCc1nc(C2CCN(C(=O)c3cccc(C)c3)CC2)no1. The number of rotatable bonds is 7. The third-order valence-electron chi connectivity index (χ3n) is 4.55. The molecule has 0 N–H and O–H groups in total. The molecule has 1 amide bonds. The molecule has 0 unspecified atom stereocenters. The first-order valence-corrected chi connectivity index (χ1v) is 8.92. The number of likely N-dealkylation sites (tertiary alicyclic amines) is 1. The van der Waals surface area contributed by atoms with E-state index in [4.69, 9.17) is 14.0 Å². The number of methoxy groups -OCH3 is 1. The molecular weight excluding hydrogens is 334 g/mol. The summed E-state index contributed by atoms with van der Waals surface area (Å²) in [7, 11) is 1.63. The van der Waals surface area contributed by atoms with E-state index < -0.39 is 0 Å². The number of aryl methyl sites for hydroxylation is 1. The van der Waals surface area contributed by atoms with Crippen LogP contribution in [0.5, 0.6) is 0 Å². The van der Waals surface area contributed by atoms with Crippen LogP contribution in [0.4, 0.5) is 0 Å². The summed E-state index contributed by atoms with van der Waals surface area (Å²) in [6.07, 6.45) is 1.67. The predicted molar refractivity (Wildman–Crippen MR) is 94.9 cm³/mol. The normalized spacial score (nSPS) is 15.4. The van der Waals surface area contributed by atoms with Crippen molar-refractivity contribution in [2.45, 2.75) is 32.3 Å². The molecule has 1 saturated heterocycles. The predicted octanol–water partition coefficient (Wildman–Crippen LogP) is 2.56. The number of ether oxygens (including phenoxy) is 2. The van der Waals surface area contributed by atoms with Crippen molar-refractivity contribution in [1.29, 1.82) is 0 Å². The molecule has 26 heavy (non-hydrogen) atoms. The highest BCUT2D eigenvalue weighted by molar-refractivity contribution is 5.94. The number of carbonyl (C=O) groups excluding carboxylic acids is 1. The third kappa shape index (κ3) is 4.68. The Kier molecular flexibility index (Phi) is 6.35. The van der Waals surface area contributed by atoms with Gasteiger partial charge in [-0.1, -0.05) is 22.9 Å². The van der Waals surface area contributed by atoms with E-state index >= 15 is 0 Å². The zero-order valence-electron chi connectivity index (χ0n) is 15.3. The second-order valence-corrected chi connectivity index (χ2v) is 6.53. The fraction of sp³-hybridized carbons (Fsp3) is 0.526. The highest BCUT2D eigenvalue weighted by atomic mass is 16.5. The summed E-state index contributed by atoms with van der Waals surface area (Å²) in [6, 6.07) is 7.72. The monoisotopic (exact) mass is 359 g/mol. The van der Waals surface area contributed by atoms with Crippen LogP contribution in [0.1, 0.15) is 46.4 Å². The maximum atomic E-state index is 12.6. The van der Waals surface area contributed by atoms with Gasteiger partial charge in [-0.2, -0.15) is 4.98 Å². The molecule has 2 aromatic rings. The highest BCUT2D eigenvalue weighted by Gasteiger charge is 2.27. The van der Waals surface area contributed by atoms with Gasteiger partial charge in [-0.05, 0) is 31.9 Å². The first-order chi connectivity index (χ1) is 12.7. The van der Waals surface area contributed by atoms with Crippen LogP contribution in [-0.4, -0.2) is 54.4 Å². The molecule has 0 spiro atoms. The van der Waals surface area contributed by atoms with Gasteiger partial charge < -0.3 is 18.9 Å². The van der Waals surface area contributed by atoms with Crippen LogP contribution < -0.4 is 0 Å². The van der Waals surface area contributed by atoms with E-state index in [9.17, 15) is 4.79 Å². The molecule has 1 aromatic carbocycles. The van der Waals surface area contributed by atoms with Crippen molar-refractivity contribution in [2.24, 2.45) is 0 Å². The fourth-order valence-corrected chi connectivity index (χ4v) is 3.10. The number of nitrogens with zero attached hydrogens (tertiary/aromatic N) is 3. The van der Waals surface area contributed by atoms with Crippen molar-refractivity contribution in [1.82, 2.24) is 15.0 Å². The van der Waals surface area contributed by atoms with Crippen LogP contribution in [-0.2, 0) is 16.1 Å². The average molecular weight is 359 g/mol. The lowest BCUT2D eigenvalue weighted by atomic mass is 9.95. The number of aromatic nitrogens is 2. The van der Waals surface area contributed by atoms with Gasteiger partial charge in [0.1, 0.15) is 6.61 Å². The molecule has 0 aliphatic carbocycles. The Morgan fingerprint density at radius 3 is 2.85 bits per heavy atom. The molecule has 1 aliphatic heterocycles. The Morgan fingerprint density at radius 1 is 1.31 bits per heavy atom. The molecule has 2 heterocycles. The van der Waals surface area contributed by atoms with Crippen molar-refractivity contribution in [2.75, 3.05) is 33.4 Å². The molecule has 3 rings (SSSR count). The molecule has 0 bridgehead atoms. The van der Waals surface area contributed by atoms with Crippen molar-refractivity contribution in [3.8, 4) is 0 Å². The molecule has 1 aromatic heterocycles. The van der Waals surface area contributed by atoms with E-state index in [1.54, 1.807) is 7.11 Å². The van der Waals surface area contributed by atoms with Gasteiger partial charge in [0.05, 0.1) is 13.2 Å². The Labute approximate surface area is 153 Å². The lowest BCUT2D eigenvalue weighted by Gasteiger charge is -2.30. The van der Waals surface area contributed by atoms with Crippen LogP contribution in [0.25, 0.3) is 0 Å². The Hall–Kier alpha value is -2.25. The third-order valence-corrected chi connectivity index (χ3v) is 4.55. The Morgan fingerprint density at radius 2 is 2.12 bits per heavy atom. The number of carbonyl (C=O) groups is 1. The van der Waals surface area contributed by atoms with Gasteiger partial charge in [-0.25, -0.2) is 0 Å². The first-order valence-electron chi connectivity index (χ1n) is 8.92. The molecule has 0 atom stereocenters. The number of piperidine rings is 1. The quantitative estimate of drug-likeness (QED) is 0.707. The molecular formula is C19H25N3O4. The zero-order chi connectivity index (χ0) is 18.4. The van der Waals surface area contributed by atoms with Gasteiger partial charge in [0.2, 0.25) is 0 Å². The molecule has 0 saturated carbocycles. The van der Waals surface area contributed by atoms with Crippen LogP contribution in [0.3, 0.4) is 0 Å². The fourth-order valence-electron chi connectivity index (χ4n) is 3.10. The molecule has 1 aliphatic rings. The number of amides is 1. The maximum absolute atomic E-state index is 12.6. The first kappa shape index (κ1) is 18.5. The molecule has 7 heteroatoms. The van der Waals surface area contributed by atoms with Gasteiger partial charge in [0, 0.05) is 31.7 Å². The minimum Gasteiger partial charge on any atom is -0.382 e. The minimum atomic E-state index is 0.0903. The zero-order valence-corrected chi connectivity index (χ0v) is 15.3. The minimum absolute atomic E-state index is 0.0903. The van der Waals surface area contributed by atoms with Crippen molar-refractivity contribution >= 4 is 5.91 Å². The van der Waals surface area contributed by atoms with Gasteiger partial charge in [0.25, 0.3) is 11.8 Å². The van der Waals surface area contributed by atoms with Crippen LogP contribution in [0, 0.1) is 6.92 Å². The van der Waals surface area contributed by atoms with E-state index in [0.717, 1.165) is 24.0 Å². The summed E-state index contributed by atoms with van der Waals surface area (Å²) in [6.45, 7) is 4.72. The number of hydrogen-bond donors (Lipinski definition) is 0. The second kappa shape index (κ2) is 8.91. The lowest BCUT2D eigenvalue weighted by molar-refractivity contribution is 0.0494. The van der Waals surface area contributed by atoms with Crippen molar-refractivity contribution < 1.29 is 18.8 Å². The van der Waals surface area contributed by atoms with Crippen molar-refractivity contribution in [3.05, 3.63) is 47.1 Å². The van der Waals surface area contributed by atoms with Gasteiger partial charge in [0.15, 0.2) is 5.82 Å². The maximum Gasteiger partial charge on any atom is 0.253 e. The van der Waals surface area contributed by atoms with Crippen molar-refractivity contribution in [3.63, 3.8) is 0 Å². The highest BCUT2D eigenvalue weighted by Crippen LogP contribution is 2.27. The Bertz CT molecular complexity index is 723. The summed E-state index contributed by atoms with van der Waals surface area (Å²) in [5.41, 5.74) is 1.84. The average Bonchev–Trinajstić information content (AvgIpc) is 3.14. The van der Waals surface area contributed by atoms with Gasteiger partial charge in [-0.3, -0.25) is 4.79 Å². The van der Waals surface area contributed by atoms with E-state index in [1.807, 2.05) is 36.1 Å². The number of hydrogen-bond acceptors (Lipinski definition) is 6. The summed E-state index contributed by atoms with van der Waals surface area (Å²) < 4.78 is 15.6. The summed E-state index contributed by atoms with van der Waals surface area (Å²) in [4.78, 5) is 18.9. The lowest BCUT2D eigenvalue weighted by Crippen LogP contribution is -2.38. The molecule has 7 nitrogen and oxygen atoms in total. The molecule has 0 radical (unpaired) electrons. The summed E-state index contributed by atoms with van der Waals surface area (Å²) >= 11 is 0. The van der Waals surface area contributed by atoms with Gasteiger partial charge >= 0.3 is 0 Å². The van der Waals surface area contributed by atoms with Crippen LogP contribution in [0.2, 0.25) is 0 Å². The second-order valence-electron chi connectivity index (χ2n) is 6.53. The van der Waals surface area contributed by atoms with E-state index in [2.05, 4.69) is 10.1 Å². The summed E-state index contributed by atoms with van der Waals surface area (Å²) in [5, 5.41) is 4.08. The standard InChI is InChI=1S/C19H25N3O4/c1-14-4-3-5-16(12-14)19(23)22-8-6-15(7-9-22)18-20-17(26-21-18)13-25-11-10-24-2/h3-5,12,15H,6-11,13H2,1-2H3.